The van der Waals surface area contributed by atoms with E-state index in [-0.39, 0.29) is 0 Å². The van der Waals surface area contributed by atoms with Crippen molar-refractivity contribution in [2.75, 3.05) is 0 Å². The van der Waals surface area contributed by atoms with E-state index >= 15 is 0 Å². The Bertz CT molecular complexity index is 712. The molecule has 3 aromatic rings. The first kappa shape index (κ1) is 14.0. The Labute approximate surface area is 129 Å². The zero-order valence-electron chi connectivity index (χ0n) is 11.5. The van der Waals surface area contributed by atoms with Gasteiger partial charge in [0.25, 0.3) is 0 Å². The van der Waals surface area contributed by atoms with Crippen molar-refractivity contribution in [2.45, 2.75) is 42.7 Å². The van der Waals surface area contributed by atoms with Gasteiger partial charge in [0.15, 0.2) is 9.30 Å². The highest BCUT2D eigenvalue weighted by atomic mass is 32.2. The summed E-state index contributed by atoms with van der Waals surface area (Å²) in [5, 5.41) is 6.53. The second kappa shape index (κ2) is 5.80. The summed E-state index contributed by atoms with van der Waals surface area (Å²) in [6, 6.07) is 0.445. The first-order valence-electron chi connectivity index (χ1n) is 6.29. The highest BCUT2D eigenvalue weighted by Gasteiger charge is 2.16. The number of nitrogens with one attached hydrogen (secondary N) is 1. The number of aromatic nitrogens is 4. The lowest BCUT2D eigenvalue weighted by molar-refractivity contribution is 0.574. The zero-order chi connectivity index (χ0) is 14.1. The molecule has 0 fully saturated rings. The van der Waals surface area contributed by atoms with Crippen molar-refractivity contribution < 1.29 is 0 Å². The van der Waals surface area contributed by atoms with Crippen molar-refractivity contribution in [1.82, 2.24) is 24.1 Å². The Balaban J connectivity index is 1.92. The quantitative estimate of drug-likeness (QED) is 0.780. The van der Waals surface area contributed by atoms with Gasteiger partial charge in [-0.3, -0.25) is 4.40 Å². The first-order chi connectivity index (χ1) is 9.63. The summed E-state index contributed by atoms with van der Waals surface area (Å²) < 4.78 is 7.31. The second-order valence-electron chi connectivity index (χ2n) is 4.66. The van der Waals surface area contributed by atoms with E-state index in [1.165, 1.54) is 17.2 Å². The first-order valence-corrected chi connectivity index (χ1v) is 8.76. The van der Waals surface area contributed by atoms with Gasteiger partial charge in [-0.2, -0.15) is 4.37 Å². The molecule has 3 heterocycles. The van der Waals surface area contributed by atoms with E-state index in [0.29, 0.717) is 6.04 Å². The molecular formula is C12H15N5S3. The van der Waals surface area contributed by atoms with Crippen LogP contribution in [0.4, 0.5) is 0 Å². The van der Waals surface area contributed by atoms with Crippen LogP contribution in [-0.2, 0) is 6.54 Å². The average molecular weight is 325 g/mol. The number of aryl methyl sites for hydroxylation is 1. The SMILES string of the molecule is Cc1nsc(Sc2nc3sccn3c2CNC(C)C)n1. The molecule has 0 bridgehead atoms. The molecule has 0 spiro atoms. The largest absolute Gasteiger partial charge is 0.309 e. The van der Waals surface area contributed by atoms with Crippen molar-refractivity contribution in [1.29, 1.82) is 0 Å². The molecule has 0 aliphatic heterocycles. The van der Waals surface area contributed by atoms with Gasteiger partial charge in [0.05, 0.1) is 5.69 Å². The van der Waals surface area contributed by atoms with Gasteiger partial charge in [0, 0.05) is 24.2 Å². The Morgan fingerprint density at radius 1 is 1.40 bits per heavy atom. The molecule has 0 saturated heterocycles. The fourth-order valence-corrected chi connectivity index (χ4v) is 4.23. The topological polar surface area (TPSA) is 55.1 Å². The predicted octanol–water partition coefficient (Wildman–Crippen LogP) is 3.20. The summed E-state index contributed by atoms with van der Waals surface area (Å²) >= 11 is 4.67. The van der Waals surface area contributed by atoms with Gasteiger partial charge >= 0.3 is 0 Å². The number of rotatable bonds is 5. The van der Waals surface area contributed by atoms with Crippen LogP contribution in [0.5, 0.6) is 0 Å². The number of nitrogens with zero attached hydrogens (tertiary/aromatic N) is 4. The van der Waals surface area contributed by atoms with Crippen molar-refractivity contribution >= 4 is 39.6 Å². The van der Waals surface area contributed by atoms with Crippen LogP contribution in [0.25, 0.3) is 4.96 Å². The van der Waals surface area contributed by atoms with Gasteiger partial charge in [0.1, 0.15) is 10.9 Å². The molecule has 5 nitrogen and oxygen atoms in total. The van der Waals surface area contributed by atoms with Crippen LogP contribution in [0.1, 0.15) is 25.4 Å². The van der Waals surface area contributed by atoms with Crippen molar-refractivity contribution in [3.8, 4) is 0 Å². The van der Waals surface area contributed by atoms with Crippen LogP contribution in [0.3, 0.4) is 0 Å². The highest BCUT2D eigenvalue weighted by molar-refractivity contribution is 8.00. The lowest BCUT2D eigenvalue weighted by Crippen LogP contribution is -2.22. The van der Waals surface area contributed by atoms with E-state index in [4.69, 9.17) is 4.98 Å². The van der Waals surface area contributed by atoms with Gasteiger partial charge in [-0.1, -0.05) is 13.8 Å². The summed E-state index contributed by atoms with van der Waals surface area (Å²) in [6.07, 6.45) is 2.07. The van der Waals surface area contributed by atoms with Crippen LogP contribution in [-0.4, -0.2) is 24.8 Å². The average Bonchev–Trinajstić information content (AvgIpc) is 3.04. The molecule has 0 aliphatic carbocycles. The van der Waals surface area contributed by atoms with Crippen molar-refractivity contribution in [2.24, 2.45) is 0 Å². The minimum absolute atomic E-state index is 0.445. The molecule has 8 heteroatoms. The molecule has 0 atom stereocenters. The lowest BCUT2D eigenvalue weighted by atomic mass is 10.3. The van der Waals surface area contributed by atoms with E-state index in [1.807, 2.05) is 6.92 Å². The predicted molar refractivity (Wildman–Crippen MR) is 83.8 cm³/mol. The number of fused-ring (bicyclic) bond motifs is 1. The number of hydrogen-bond donors (Lipinski definition) is 1. The molecule has 20 heavy (non-hydrogen) atoms. The Morgan fingerprint density at radius 3 is 2.95 bits per heavy atom. The van der Waals surface area contributed by atoms with Gasteiger partial charge in [0.2, 0.25) is 0 Å². The normalized spacial score (nSPS) is 11.8. The minimum Gasteiger partial charge on any atom is -0.309 e. The number of imidazole rings is 1. The summed E-state index contributed by atoms with van der Waals surface area (Å²) in [4.78, 5) is 10.1. The summed E-state index contributed by atoms with van der Waals surface area (Å²) in [7, 11) is 0. The van der Waals surface area contributed by atoms with Crippen LogP contribution in [0.15, 0.2) is 20.9 Å². The molecule has 0 aromatic carbocycles. The zero-order valence-corrected chi connectivity index (χ0v) is 13.9. The van der Waals surface area contributed by atoms with E-state index in [2.05, 4.69) is 44.5 Å². The minimum atomic E-state index is 0.445. The molecular weight excluding hydrogens is 310 g/mol. The molecule has 0 aliphatic rings. The third-order valence-corrected chi connectivity index (χ3v) is 5.31. The number of hydrogen-bond acceptors (Lipinski definition) is 7. The summed E-state index contributed by atoms with van der Waals surface area (Å²) in [5.41, 5.74) is 1.19. The van der Waals surface area contributed by atoms with Gasteiger partial charge in [-0.15, -0.1) is 11.3 Å². The maximum absolute atomic E-state index is 4.70. The van der Waals surface area contributed by atoms with Gasteiger partial charge in [-0.25, -0.2) is 9.97 Å². The van der Waals surface area contributed by atoms with Crippen LogP contribution in [0, 0.1) is 6.92 Å². The van der Waals surface area contributed by atoms with Gasteiger partial charge < -0.3 is 5.32 Å². The van der Waals surface area contributed by atoms with E-state index in [9.17, 15) is 0 Å². The maximum atomic E-state index is 4.70. The second-order valence-corrected chi connectivity index (χ2v) is 7.53. The fourth-order valence-electron chi connectivity index (χ4n) is 1.76. The van der Waals surface area contributed by atoms with Gasteiger partial charge in [-0.05, 0) is 30.2 Å². The fraction of sp³-hybridized carbons (Fsp3) is 0.417. The lowest BCUT2D eigenvalue weighted by Gasteiger charge is -2.08. The van der Waals surface area contributed by atoms with Crippen molar-refractivity contribution in [3.05, 3.63) is 23.1 Å². The molecule has 0 unspecified atom stereocenters. The Kier molecular flexibility index (Phi) is 4.06. The monoisotopic (exact) mass is 325 g/mol. The van der Waals surface area contributed by atoms with E-state index < -0.39 is 0 Å². The molecule has 106 valence electrons. The molecule has 0 saturated carbocycles. The molecule has 1 N–H and O–H groups in total. The maximum Gasteiger partial charge on any atom is 0.194 e. The standard InChI is InChI=1S/C12H15N5S3/c1-7(2)13-6-9-10(15-11-17(9)4-5-18-11)19-12-14-8(3)16-20-12/h4-5,7,13H,6H2,1-3H3. The third kappa shape index (κ3) is 2.88. The van der Waals surface area contributed by atoms with Crippen LogP contribution in [0.2, 0.25) is 0 Å². The van der Waals surface area contributed by atoms with E-state index in [0.717, 1.165) is 26.7 Å². The summed E-state index contributed by atoms with van der Waals surface area (Å²) in [5.74, 6) is 0.820. The van der Waals surface area contributed by atoms with Crippen molar-refractivity contribution in [3.63, 3.8) is 0 Å². The molecule has 0 amide bonds. The van der Waals surface area contributed by atoms with Crippen LogP contribution >= 0.6 is 34.6 Å². The number of thiazole rings is 1. The van der Waals surface area contributed by atoms with E-state index in [1.54, 1.807) is 23.1 Å². The summed E-state index contributed by atoms with van der Waals surface area (Å²) in [6.45, 7) is 7.00. The molecule has 3 aromatic heterocycles. The Hall–Kier alpha value is -0.960. The highest BCUT2D eigenvalue weighted by Crippen LogP contribution is 2.32. The molecule has 3 rings (SSSR count). The smallest absolute Gasteiger partial charge is 0.194 e. The molecule has 0 radical (unpaired) electrons. The van der Waals surface area contributed by atoms with Crippen LogP contribution < -0.4 is 5.32 Å². The Morgan fingerprint density at radius 2 is 2.25 bits per heavy atom. The third-order valence-electron chi connectivity index (χ3n) is 2.69.